The lowest BCUT2D eigenvalue weighted by Crippen LogP contribution is -2.60. The predicted molar refractivity (Wildman–Crippen MR) is 384 cm³/mol. The van der Waals surface area contributed by atoms with Crippen molar-refractivity contribution in [2.24, 2.45) is 0 Å². The van der Waals surface area contributed by atoms with Crippen molar-refractivity contribution in [2.75, 3.05) is 19.8 Å². The molecule has 0 aliphatic carbocycles. The molecular formula is C80H151NO10. The molecule has 7 atom stereocenters. The number of aliphatic hydroxyl groups is 5. The molecule has 0 aromatic carbocycles. The van der Waals surface area contributed by atoms with Crippen LogP contribution in [0.4, 0.5) is 0 Å². The van der Waals surface area contributed by atoms with E-state index in [1.807, 2.05) is 6.08 Å². The summed E-state index contributed by atoms with van der Waals surface area (Å²) < 4.78 is 16.8. The van der Waals surface area contributed by atoms with Gasteiger partial charge in [0.05, 0.1) is 32.0 Å². The van der Waals surface area contributed by atoms with Crippen LogP contribution in [0, 0.1) is 0 Å². The maximum absolute atomic E-state index is 13.0. The second kappa shape index (κ2) is 69.2. The number of ether oxygens (including phenoxy) is 3. The van der Waals surface area contributed by atoms with Gasteiger partial charge in [0.25, 0.3) is 0 Å². The maximum atomic E-state index is 13.0. The number of carbonyl (C=O) groups is 2. The molecule has 1 saturated heterocycles. The second-order valence-corrected chi connectivity index (χ2v) is 27.8. The molecule has 0 saturated carbocycles. The summed E-state index contributed by atoms with van der Waals surface area (Å²) in [6, 6.07) is -0.807. The van der Waals surface area contributed by atoms with Crippen LogP contribution in [0.25, 0.3) is 0 Å². The van der Waals surface area contributed by atoms with Crippen LogP contribution >= 0.6 is 0 Å². The van der Waals surface area contributed by atoms with Crippen LogP contribution in [0.3, 0.4) is 0 Å². The first-order valence-electron chi connectivity index (χ1n) is 39.8. The van der Waals surface area contributed by atoms with Gasteiger partial charge in [0.1, 0.15) is 24.4 Å². The van der Waals surface area contributed by atoms with Crippen LogP contribution in [0.5, 0.6) is 0 Å². The molecule has 7 unspecified atom stereocenters. The Bertz CT molecular complexity index is 1610. The maximum Gasteiger partial charge on any atom is 0.305 e. The average molecular weight is 1290 g/mol. The highest BCUT2D eigenvalue weighted by Gasteiger charge is 2.44. The number of rotatable bonds is 71. The first-order valence-corrected chi connectivity index (χ1v) is 39.8. The molecule has 1 aliphatic rings. The molecule has 1 amide bonds. The van der Waals surface area contributed by atoms with Gasteiger partial charge in [0.15, 0.2) is 6.29 Å². The molecule has 11 nitrogen and oxygen atoms in total. The van der Waals surface area contributed by atoms with Crippen LogP contribution in [0.1, 0.15) is 399 Å². The van der Waals surface area contributed by atoms with Gasteiger partial charge < -0.3 is 45.1 Å². The Morgan fingerprint density at radius 2 is 0.736 bits per heavy atom. The molecule has 0 aromatic heterocycles. The average Bonchev–Trinajstić information content (AvgIpc) is 1.35. The fraction of sp³-hybridized carbons (Fsp3) is 0.900. The zero-order valence-corrected chi connectivity index (χ0v) is 59.8. The van der Waals surface area contributed by atoms with Gasteiger partial charge in [-0.2, -0.15) is 0 Å². The van der Waals surface area contributed by atoms with Crippen molar-refractivity contribution < 1.29 is 49.3 Å². The Morgan fingerprint density at radius 3 is 1.11 bits per heavy atom. The van der Waals surface area contributed by atoms with E-state index in [1.165, 1.54) is 315 Å². The molecule has 11 heteroatoms. The molecular weight excluding hydrogens is 1130 g/mol. The van der Waals surface area contributed by atoms with Crippen LogP contribution in [0.15, 0.2) is 36.5 Å². The van der Waals surface area contributed by atoms with E-state index >= 15 is 0 Å². The van der Waals surface area contributed by atoms with E-state index in [0.717, 1.165) is 57.8 Å². The van der Waals surface area contributed by atoms with E-state index in [9.17, 15) is 35.1 Å². The molecule has 0 spiro atoms. The first kappa shape index (κ1) is 86.9. The molecule has 0 bridgehead atoms. The third kappa shape index (κ3) is 57.8. The summed E-state index contributed by atoms with van der Waals surface area (Å²) in [5.41, 5.74) is 0. The summed E-state index contributed by atoms with van der Waals surface area (Å²) in [6.45, 7) is 4.38. The quantitative estimate of drug-likeness (QED) is 0.0195. The van der Waals surface area contributed by atoms with Gasteiger partial charge in [-0.3, -0.25) is 9.59 Å². The summed E-state index contributed by atoms with van der Waals surface area (Å²) in [6.07, 6.45) is 80.4. The monoisotopic (exact) mass is 1290 g/mol. The Morgan fingerprint density at radius 1 is 0.407 bits per heavy atom. The summed E-state index contributed by atoms with van der Waals surface area (Å²) in [7, 11) is 0. The second-order valence-electron chi connectivity index (χ2n) is 27.8. The number of nitrogens with one attached hydrogen (secondary N) is 1. The van der Waals surface area contributed by atoms with Gasteiger partial charge in [-0.05, 0) is 64.2 Å². The van der Waals surface area contributed by atoms with Crippen molar-refractivity contribution in [3.63, 3.8) is 0 Å². The predicted octanol–water partition coefficient (Wildman–Crippen LogP) is 21.3. The highest BCUT2D eigenvalue weighted by Crippen LogP contribution is 2.24. The standard InChI is InChI=1S/C80H151NO10/c1-3-5-7-9-11-13-15-16-17-42-45-48-52-56-60-64-68-76(85)89-69-65-61-57-53-49-46-43-40-38-36-34-32-30-28-26-24-22-20-18-19-21-23-25-27-29-31-33-35-37-39-41-44-47-51-55-59-63-67-75(84)81-72(71-90-80-79(88)78(87)77(86)74(70-82)91-80)73(83)66-62-58-54-50-14-12-10-8-6-4-2/h18,20,24,26,62,66,72-74,77-80,82-83,86-88H,3-17,19,21-23,25,27-61,63-65,67-71H2,1-2H3,(H,81,84)/b20-18-,26-24-,66-62+. The van der Waals surface area contributed by atoms with Crippen molar-refractivity contribution in [1.82, 2.24) is 5.32 Å². The largest absolute Gasteiger partial charge is 0.466 e. The zero-order valence-electron chi connectivity index (χ0n) is 59.8. The van der Waals surface area contributed by atoms with Crippen molar-refractivity contribution in [2.45, 2.75) is 442 Å². The molecule has 1 aliphatic heterocycles. The number of aliphatic hydroxyl groups excluding tert-OH is 5. The molecule has 6 N–H and O–H groups in total. The van der Waals surface area contributed by atoms with E-state index < -0.39 is 49.5 Å². The number of unbranched alkanes of at least 4 members (excludes halogenated alkanes) is 53. The van der Waals surface area contributed by atoms with E-state index in [-0.39, 0.29) is 18.5 Å². The van der Waals surface area contributed by atoms with Gasteiger partial charge in [0.2, 0.25) is 5.91 Å². The third-order valence-corrected chi connectivity index (χ3v) is 19.0. The SMILES string of the molecule is CCCCCCCCCC/C=C/C(O)C(COC1OC(CO)C(O)C(O)C1O)NC(=O)CCCCCCCCCCCCCCCCCCC/C=C\C/C=C\CCCCCCCCCCCCCCCOC(=O)CCCCCCCCCCCCCCCCCC. The fourth-order valence-electron chi connectivity index (χ4n) is 12.8. The molecule has 1 rings (SSSR count). The van der Waals surface area contributed by atoms with Crippen molar-refractivity contribution in [1.29, 1.82) is 0 Å². The minimum Gasteiger partial charge on any atom is -0.466 e. The lowest BCUT2D eigenvalue weighted by molar-refractivity contribution is -0.302. The smallest absolute Gasteiger partial charge is 0.305 e. The normalized spacial score (nSPS) is 17.7. The Hall–Kier alpha value is -2.12. The third-order valence-electron chi connectivity index (χ3n) is 19.0. The fourth-order valence-corrected chi connectivity index (χ4v) is 12.8. The Labute approximate surface area is 562 Å². The molecule has 536 valence electrons. The first-order chi connectivity index (χ1) is 44.7. The van der Waals surface area contributed by atoms with Gasteiger partial charge in [0, 0.05) is 12.8 Å². The van der Waals surface area contributed by atoms with Crippen molar-refractivity contribution in [3.8, 4) is 0 Å². The van der Waals surface area contributed by atoms with Gasteiger partial charge >= 0.3 is 5.97 Å². The van der Waals surface area contributed by atoms with E-state index in [1.54, 1.807) is 6.08 Å². The van der Waals surface area contributed by atoms with Crippen LogP contribution in [-0.4, -0.2) is 100 Å². The lowest BCUT2D eigenvalue weighted by atomic mass is 9.99. The highest BCUT2D eigenvalue weighted by molar-refractivity contribution is 5.76. The molecule has 91 heavy (non-hydrogen) atoms. The topological polar surface area (TPSA) is 175 Å². The minimum atomic E-state index is -1.57. The molecule has 0 radical (unpaired) electrons. The molecule has 1 heterocycles. The molecule has 1 fully saturated rings. The van der Waals surface area contributed by atoms with E-state index in [4.69, 9.17) is 14.2 Å². The number of esters is 1. The van der Waals surface area contributed by atoms with E-state index in [2.05, 4.69) is 43.5 Å². The number of amides is 1. The summed E-state index contributed by atoms with van der Waals surface area (Å²) >= 11 is 0. The van der Waals surface area contributed by atoms with Crippen LogP contribution in [-0.2, 0) is 23.8 Å². The summed E-state index contributed by atoms with van der Waals surface area (Å²) in [5.74, 6) is -0.162. The van der Waals surface area contributed by atoms with Crippen molar-refractivity contribution >= 4 is 11.9 Å². The number of allylic oxidation sites excluding steroid dienone is 5. The van der Waals surface area contributed by atoms with Crippen LogP contribution < -0.4 is 5.32 Å². The van der Waals surface area contributed by atoms with E-state index in [0.29, 0.717) is 19.4 Å². The number of hydrogen-bond donors (Lipinski definition) is 6. The highest BCUT2D eigenvalue weighted by atomic mass is 16.7. The lowest BCUT2D eigenvalue weighted by Gasteiger charge is -2.40. The van der Waals surface area contributed by atoms with Crippen LogP contribution in [0.2, 0.25) is 0 Å². The van der Waals surface area contributed by atoms with Gasteiger partial charge in [-0.25, -0.2) is 0 Å². The molecule has 0 aromatic rings. The Balaban J connectivity index is 1.88. The van der Waals surface area contributed by atoms with Gasteiger partial charge in [-0.15, -0.1) is 0 Å². The van der Waals surface area contributed by atoms with Gasteiger partial charge in [-0.1, -0.05) is 359 Å². The minimum absolute atomic E-state index is 0.0167. The number of hydrogen-bond acceptors (Lipinski definition) is 10. The summed E-state index contributed by atoms with van der Waals surface area (Å²) in [4.78, 5) is 25.2. The number of carbonyl (C=O) groups excluding carboxylic acids is 2. The summed E-state index contributed by atoms with van der Waals surface area (Å²) in [5, 5.41) is 54.4. The zero-order chi connectivity index (χ0) is 65.8. The Kier molecular flexibility index (Phi) is 66.1. The van der Waals surface area contributed by atoms with Crippen molar-refractivity contribution in [3.05, 3.63) is 36.5 Å².